The van der Waals surface area contributed by atoms with E-state index in [1.807, 2.05) is 0 Å². The number of nitriles is 1. The van der Waals surface area contributed by atoms with E-state index < -0.39 is 0 Å². The summed E-state index contributed by atoms with van der Waals surface area (Å²) in [5.41, 5.74) is 3.23. The normalized spacial score (nSPS) is 33.4. The van der Waals surface area contributed by atoms with Crippen molar-refractivity contribution in [1.82, 2.24) is 9.78 Å². The number of nitrogens with zero attached hydrogens (tertiary/aromatic N) is 3. The van der Waals surface area contributed by atoms with Crippen LogP contribution in [0.15, 0.2) is 24.3 Å². The van der Waals surface area contributed by atoms with Crippen molar-refractivity contribution < 1.29 is 0 Å². The summed E-state index contributed by atoms with van der Waals surface area (Å²) in [5, 5.41) is 15.2. The van der Waals surface area contributed by atoms with E-state index >= 15 is 0 Å². The fourth-order valence-electron chi connectivity index (χ4n) is 4.94. The fraction of sp³-hybridized carbons (Fsp3) is 0.579. The molecular weight excluding hydrogens is 270 g/mol. The summed E-state index contributed by atoms with van der Waals surface area (Å²) in [5.74, 6) is 1.38. The zero-order valence-corrected chi connectivity index (χ0v) is 12.8. The van der Waals surface area contributed by atoms with Crippen molar-refractivity contribution in [3.63, 3.8) is 0 Å². The molecule has 1 heterocycles. The van der Waals surface area contributed by atoms with Crippen molar-refractivity contribution in [2.24, 2.45) is 11.3 Å². The number of para-hydroxylation sites is 1. The second-order valence-electron chi connectivity index (χ2n) is 7.82. The van der Waals surface area contributed by atoms with Crippen molar-refractivity contribution in [3.05, 3.63) is 30.0 Å². The number of aromatic nitrogens is 2. The summed E-state index contributed by atoms with van der Waals surface area (Å²) < 4.78 is 2.33. The maximum absolute atomic E-state index is 8.81. The molecule has 0 N–H and O–H groups in total. The molecule has 0 saturated heterocycles. The summed E-state index contributed by atoms with van der Waals surface area (Å²) in [6.07, 6.45) is 8.45. The van der Waals surface area contributed by atoms with Crippen LogP contribution in [0, 0.1) is 22.7 Å². The molecule has 3 aliphatic carbocycles. The summed E-state index contributed by atoms with van der Waals surface area (Å²) >= 11 is 0. The van der Waals surface area contributed by atoms with Crippen LogP contribution in [-0.4, -0.2) is 9.78 Å². The average molecular weight is 291 g/mol. The Morgan fingerprint density at radius 1 is 1.18 bits per heavy atom. The van der Waals surface area contributed by atoms with Gasteiger partial charge in [0.05, 0.1) is 23.3 Å². The van der Waals surface area contributed by atoms with Crippen molar-refractivity contribution >= 4 is 10.9 Å². The molecule has 5 rings (SSSR count). The Morgan fingerprint density at radius 3 is 2.68 bits per heavy atom. The number of hydrogen-bond donors (Lipinski definition) is 0. The lowest BCUT2D eigenvalue weighted by Crippen LogP contribution is -2.48. The number of benzene rings is 1. The van der Waals surface area contributed by atoms with Gasteiger partial charge < -0.3 is 0 Å². The van der Waals surface area contributed by atoms with Crippen LogP contribution in [0.4, 0.5) is 0 Å². The van der Waals surface area contributed by atoms with Gasteiger partial charge in [0, 0.05) is 17.7 Å². The van der Waals surface area contributed by atoms with Crippen LogP contribution in [0.1, 0.15) is 62.6 Å². The van der Waals surface area contributed by atoms with E-state index in [1.165, 1.54) is 55.1 Å². The van der Waals surface area contributed by atoms with E-state index in [1.54, 1.807) is 0 Å². The van der Waals surface area contributed by atoms with E-state index in [-0.39, 0.29) is 0 Å². The minimum atomic E-state index is 0.555. The lowest BCUT2D eigenvalue weighted by atomic mass is 9.49. The van der Waals surface area contributed by atoms with Crippen LogP contribution in [0.25, 0.3) is 10.9 Å². The van der Waals surface area contributed by atoms with E-state index in [0.717, 1.165) is 6.42 Å². The Labute approximate surface area is 130 Å². The van der Waals surface area contributed by atoms with E-state index in [4.69, 9.17) is 10.4 Å². The van der Waals surface area contributed by atoms with Crippen molar-refractivity contribution in [2.75, 3.05) is 0 Å². The summed E-state index contributed by atoms with van der Waals surface area (Å²) in [6.45, 7) is 0. The third kappa shape index (κ3) is 1.76. The van der Waals surface area contributed by atoms with Gasteiger partial charge in [-0.1, -0.05) is 18.2 Å². The molecule has 1 aromatic carbocycles. The van der Waals surface area contributed by atoms with E-state index in [0.29, 0.717) is 23.3 Å². The Kier molecular flexibility index (Phi) is 2.51. The number of hydrogen-bond acceptors (Lipinski definition) is 2. The maximum Gasteiger partial charge on any atom is 0.0734 e. The van der Waals surface area contributed by atoms with Crippen LogP contribution in [0.5, 0.6) is 0 Å². The van der Waals surface area contributed by atoms with Crippen LogP contribution < -0.4 is 0 Å². The second-order valence-corrected chi connectivity index (χ2v) is 7.82. The molecule has 0 amide bonds. The maximum atomic E-state index is 8.81. The van der Waals surface area contributed by atoms with Crippen LogP contribution >= 0.6 is 0 Å². The van der Waals surface area contributed by atoms with Crippen molar-refractivity contribution in [3.8, 4) is 6.07 Å². The molecule has 0 bridgehead atoms. The first-order chi connectivity index (χ1) is 10.8. The Bertz CT molecular complexity index is 764. The molecule has 0 radical (unpaired) electrons. The first-order valence-corrected chi connectivity index (χ1v) is 8.62. The summed E-state index contributed by atoms with van der Waals surface area (Å²) in [7, 11) is 0. The number of rotatable bonds is 3. The van der Waals surface area contributed by atoms with Gasteiger partial charge in [-0.05, 0) is 55.9 Å². The van der Waals surface area contributed by atoms with Gasteiger partial charge in [-0.15, -0.1) is 0 Å². The predicted molar refractivity (Wildman–Crippen MR) is 85.4 cm³/mol. The average Bonchev–Trinajstić information content (AvgIpc) is 3.22. The monoisotopic (exact) mass is 291 g/mol. The highest BCUT2D eigenvalue weighted by Gasteiger charge is 2.53. The smallest absolute Gasteiger partial charge is 0.0734 e. The molecule has 3 fully saturated rings. The van der Waals surface area contributed by atoms with Crippen LogP contribution in [0.2, 0.25) is 0 Å². The van der Waals surface area contributed by atoms with Gasteiger partial charge in [0.1, 0.15) is 0 Å². The highest BCUT2D eigenvalue weighted by atomic mass is 15.3. The lowest BCUT2D eigenvalue weighted by molar-refractivity contribution is -0.0621. The van der Waals surface area contributed by atoms with Gasteiger partial charge in [0.2, 0.25) is 0 Å². The van der Waals surface area contributed by atoms with Gasteiger partial charge >= 0.3 is 0 Å². The molecule has 22 heavy (non-hydrogen) atoms. The van der Waals surface area contributed by atoms with Crippen LogP contribution in [0.3, 0.4) is 0 Å². The Hall–Kier alpha value is -1.82. The summed E-state index contributed by atoms with van der Waals surface area (Å²) in [6, 6.07) is 11.7. The van der Waals surface area contributed by atoms with E-state index in [9.17, 15) is 0 Å². The standard InChI is InChI=1S/C19H21N3/c20-8-7-13-9-19(10-13)11-15(12-19)22-17-4-2-1-3-16(17)18(21-22)14-5-6-14/h1-4,13-15H,5-7,9-12H2. The fourth-order valence-corrected chi connectivity index (χ4v) is 4.94. The highest BCUT2D eigenvalue weighted by molar-refractivity contribution is 5.83. The van der Waals surface area contributed by atoms with Crippen molar-refractivity contribution in [2.45, 2.75) is 56.9 Å². The van der Waals surface area contributed by atoms with Gasteiger partial charge in [-0.3, -0.25) is 4.68 Å². The zero-order valence-electron chi connectivity index (χ0n) is 12.8. The topological polar surface area (TPSA) is 41.6 Å². The molecule has 3 heteroatoms. The predicted octanol–water partition coefficient (Wildman–Crippen LogP) is 4.56. The lowest BCUT2D eigenvalue weighted by Gasteiger charge is -2.57. The van der Waals surface area contributed by atoms with Gasteiger partial charge in [0.25, 0.3) is 0 Å². The molecular formula is C19H21N3. The third-order valence-corrected chi connectivity index (χ3v) is 6.11. The Balaban J connectivity index is 1.39. The summed E-state index contributed by atoms with van der Waals surface area (Å²) in [4.78, 5) is 0. The van der Waals surface area contributed by atoms with Gasteiger partial charge in [-0.2, -0.15) is 10.4 Å². The zero-order chi connectivity index (χ0) is 14.7. The molecule has 112 valence electrons. The molecule has 3 aliphatic rings. The van der Waals surface area contributed by atoms with Gasteiger partial charge in [-0.25, -0.2) is 0 Å². The molecule has 0 atom stereocenters. The quantitative estimate of drug-likeness (QED) is 0.832. The molecule has 1 aromatic heterocycles. The molecule has 3 saturated carbocycles. The third-order valence-electron chi connectivity index (χ3n) is 6.11. The highest BCUT2D eigenvalue weighted by Crippen LogP contribution is 2.63. The molecule has 3 nitrogen and oxygen atoms in total. The SMILES string of the molecule is N#CCC1CC2(C1)CC(n1nc(C3CC3)c3ccccc31)C2. The van der Waals surface area contributed by atoms with Gasteiger partial charge in [0.15, 0.2) is 0 Å². The van der Waals surface area contributed by atoms with Crippen molar-refractivity contribution in [1.29, 1.82) is 5.26 Å². The largest absolute Gasteiger partial charge is 0.261 e. The molecule has 0 aliphatic heterocycles. The Morgan fingerprint density at radius 2 is 1.95 bits per heavy atom. The molecule has 2 aromatic rings. The minimum Gasteiger partial charge on any atom is -0.261 e. The number of fused-ring (bicyclic) bond motifs is 1. The van der Waals surface area contributed by atoms with Crippen LogP contribution in [-0.2, 0) is 0 Å². The molecule has 1 spiro atoms. The van der Waals surface area contributed by atoms with E-state index in [2.05, 4.69) is 35.0 Å². The second kappa shape index (κ2) is 4.35. The first-order valence-electron chi connectivity index (χ1n) is 8.62. The minimum absolute atomic E-state index is 0.555. The first kappa shape index (κ1) is 12.7. The molecule has 0 unspecified atom stereocenters.